The molecule has 4 saturated heterocycles. The Morgan fingerprint density at radius 1 is 0.708 bits per heavy atom. The van der Waals surface area contributed by atoms with E-state index in [4.69, 9.17) is 15.8 Å². The number of nitrogens with two attached hydrogens (primary N) is 1. The van der Waals surface area contributed by atoms with Gasteiger partial charge in [-0.2, -0.15) is 50.3 Å². The lowest BCUT2D eigenvalue weighted by Gasteiger charge is -2.40. The molecule has 4 aliphatic heterocycles. The number of H-pyrrole nitrogens is 2. The summed E-state index contributed by atoms with van der Waals surface area (Å²) in [5.41, 5.74) is 11.8. The van der Waals surface area contributed by atoms with Crippen LogP contribution in [0.1, 0.15) is 70.8 Å². The van der Waals surface area contributed by atoms with Crippen LogP contribution in [0.4, 0.5) is 38.0 Å². The lowest BCUT2D eigenvalue weighted by molar-refractivity contribution is -0.140. The molecule has 0 radical (unpaired) electrons. The third kappa shape index (κ3) is 17.4. The largest absolute Gasteiger partial charge is 0.393 e. The zero-order valence-electron chi connectivity index (χ0n) is 48.8. The van der Waals surface area contributed by atoms with E-state index < -0.39 is 35.3 Å². The highest BCUT2D eigenvalue weighted by atomic mass is 32.2. The fourth-order valence-electron chi connectivity index (χ4n) is 12.0. The number of aromatic nitrogens is 6. The summed E-state index contributed by atoms with van der Waals surface area (Å²) in [5, 5.41) is 34.3. The van der Waals surface area contributed by atoms with E-state index in [1.54, 1.807) is 18.1 Å². The molecule has 6 atom stereocenters. The first-order valence-electron chi connectivity index (χ1n) is 29.0. The predicted molar refractivity (Wildman–Crippen MR) is 328 cm³/mol. The number of carbonyl (C=O) groups is 1. The van der Waals surface area contributed by atoms with Crippen molar-refractivity contribution in [3.05, 3.63) is 106 Å². The first kappa shape index (κ1) is 64.9. The van der Waals surface area contributed by atoms with Crippen LogP contribution in [0.3, 0.4) is 0 Å². The van der Waals surface area contributed by atoms with E-state index in [0.717, 1.165) is 147 Å². The van der Waals surface area contributed by atoms with Crippen molar-refractivity contribution in [2.45, 2.75) is 113 Å². The first-order valence-corrected chi connectivity index (χ1v) is 32.5. The zero-order valence-corrected chi connectivity index (χ0v) is 51.2. The summed E-state index contributed by atoms with van der Waals surface area (Å²) < 4.78 is 104. The molecule has 0 bridgehead atoms. The van der Waals surface area contributed by atoms with E-state index >= 15 is 0 Å². The normalized spacial score (nSPS) is 21.4. The first-order chi connectivity index (χ1) is 42.6. The topological polar surface area (TPSA) is 275 Å². The molecule has 12 rings (SSSR count). The van der Waals surface area contributed by atoms with Crippen molar-refractivity contribution >= 4 is 93.1 Å². The number of benzene rings is 2. The van der Waals surface area contributed by atoms with Gasteiger partial charge in [0.2, 0.25) is 6.41 Å². The van der Waals surface area contributed by atoms with Crippen LogP contribution in [0.5, 0.6) is 0 Å². The van der Waals surface area contributed by atoms with Gasteiger partial charge in [-0.1, -0.05) is 12.1 Å². The molecule has 21 nitrogen and oxygen atoms in total. The molecule has 0 spiro atoms. The quantitative estimate of drug-likeness (QED) is 0.0267. The number of fused-ring (bicyclic) bond motifs is 4. The number of piperidine rings is 2. The van der Waals surface area contributed by atoms with Crippen molar-refractivity contribution in [2.75, 3.05) is 76.4 Å². The maximum atomic E-state index is 13.1. The average Bonchev–Trinajstić information content (AvgIpc) is 4.50. The minimum atomic E-state index is -4.27. The molecule has 7 N–H and O–H groups in total. The maximum absolute atomic E-state index is 13.1. The summed E-state index contributed by atoms with van der Waals surface area (Å²) in [5.74, 6) is 1.09. The van der Waals surface area contributed by atoms with E-state index in [1.807, 2.05) is 35.4 Å². The van der Waals surface area contributed by atoms with Crippen molar-refractivity contribution in [3.8, 4) is 12.1 Å². The number of nitrogens with one attached hydrogen (secondary N) is 5. The maximum Gasteiger partial charge on any atom is 0.393 e. The van der Waals surface area contributed by atoms with Crippen LogP contribution in [0.25, 0.3) is 42.2 Å². The van der Waals surface area contributed by atoms with E-state index in [9.17, 15) is 44.8 Å². The second kappa shape index (κ2) is 28.4. The number of hydrogen-bond donors (Lipinski definition) is 6. The van der Waals surface area contributed by atoms with Crippen molar-refractivity contribution in [2.24, 2.45) is 5.73 Å². The molecule has 4 aliphatic rings. The van der Waals surface area contributed by atoms with Gasteiger partial charge in [0.05, 0.1) is 49.6 Å². The highest BCUT2D eigenvalue weighted by Gasteiger charge is 2.35. The lowest BCUT2D eigenvalue weighted by atomic mass is 9.97. The number of alkyl halides is 6. The van der Waals surface area contributed by atoms with Gasteiger partial charge in [-0.05, 0) is 98.2 Å². The van der Waals surface area contributed by atoms with Crippen LogP contribution in [0.2, 0.25) is 0 Å². The fourth-order valence-corrected chi connectivity index (χ4v) is 14.5. The molecule has 30 heteroatoms. The van der Waals surface area contributed by atoms with Gasteiger partial charge in [-0.3, -0.25) is 18.8 Å². The summed E-state index contributed by atoms with van der Waals surface area (Å²) in [6, 6.07) is 23.5. The highest BCUT2D eigenvalue weighted by Crippen LogP contribution is 2.36. The number of nitriles is 2. The van der Waals surface area contributed by atoms with E-state index in [0.29, 0.717) is 56.5 Å². The number of nitrogens with zero attached hydrogens (tertiary/aromatic N) is 10. The number of aromatic amines is 2. The molecule has 2 aromatic carbocycles. The van der Waals surface area contributed by atoms with Gasteiger partial charge in [0, 0.05) is 121 Å². The number of anilines is 2. The van der Waals surface area contributed by atoms with E-state index in [-0.39, 0.29) is 52.6 Å². The van der Waals surface area contributed by atoms with Crippen molar-refractivity contribution < 1.29 is 48.6 Å². The minimum Gasteiger partial charge on any atom is -0.365 e. The van der Waals surface area contributed by atoms with E-state index in [1.165, 1.54) is 24.3 Å². The molecule has 4 fully saturated rings. The van der Waals surface area contributed by atoms with E-state index in [2.05, 4.69) is 90.2 Å². The van der Waals surface area contributed by atoms with Gasteiger partial charge in [0.1, 0.15) is 57.5 Å². The Hall–Kier alpha value is -7.10. The number of amides is 1. The summed E-state index contributed by atoms with van der Waals surface area (Å²) in [6.45, 7) is 7.08. The Morgan fingerprint density at radius 2 is 1.24 bits per heavy atom. The molecule has 2 unspecified atom stereocenters. The van der Waals surface area contributed by atoms with Crippen LogP contribution >= 0.6 is 22.7 Å². The Labute approximate surface area is 517 Å². The van der Waals surface area contributed by atoms with Gasteiger partial charge >= 0.3 is 12.4 Å². The third-order valence-corrected chi connectivity index (χ3v) is 18.9. The lowest BCUT2D eigenvalue weighted by Crippen LogP contribution is -2.57. The molecule has 8 aromatic rings. The number of thiophene rings is 2. The number of hydroxylamine groups is 2. The number of likely N-dealkylation sites (tertiary alicyclic amines) is 3. The SMILES string of the molecule is CON1CCC[C@@H]1CNC1CN(Cc2ccc3[nH]c(C#N)cc3c2)CCC1Nc1ncnc2sc(CC(F)(F)F)cc12.CS(=O)(=O)OC[C@H]1CCCN1C=O.N#Cc1cc2cc(CN3CC[C@H](Nc4ncnc5sc(CC(F)(F)F)cc45)[C@@H](N)C3)ccc2[nH]1. The minimum absolute atomic E-state index is 0.0213. The number of halogens is 6. The van der Waals surface area contributed by atoms with Crippen molar-refractivity contribution in [1.82, 2.24) is 55.0 Å². The molecule has 0 saturated carbocycles. The van der Waals surface area contributed by atoms with Gasteiger partial charge in [-0.15, -0.1) is 22.7 Å². The molecule has 10 heterocycles. The molecular weight excluding hydrogens is 1220 g/mol. The fraction of sp³-hybridized carbons (Fsp3) is 0.475. The van der Waals surface area contributed by atoms with Crippen LogP contribution in [0, 0.1) is 22.7 Å². The second-order valence-electron chi connectivity index (χ2n) is 22.8. The molecular formula is C59H68F6N16O5S3. The van der Waals surface area contributed by atoms with Crippen LogP contribution < -0.4 is 21.7 Å². The summed E-state index contributed by atoms with van der Waals surface area (Å²) in [7, 11) is -1.68. The van der Waals surface area contributed by atoms with Crippen LogP contribution in [-0.2, 0) is 49.9 Å². The van der Waals surface area contributed by atoms with Crippen molar-refractivity contribution in [1.29, 1.82) is 10.5 Å². The number of hydrogen-bond acceptors (Lipinski definition) is 20. The monoisotopic (exact) mass is 1290 g/mol. The van der Waals surface area contributed by atoms with Gasteiger partial charge in [0.25, 0.3) is 10.1 Å². The third-order valence-electron chi connectivity index (χ3n) is 16.2. The number of rotatable bonds is 18. The molecule has 89 heavy (non-hydrogen) atoms. The Morgan fingerprint density at radius 3 is 1.75 bits per heavy atom. The van der Waals surface area contributed by atoms with Gasteiger partial charge in [0.15, 0.2) is 0 Å². The Balaban J connectivity index is 0.000000166. The standard InChI is InChI=1S/C29H33F3N8OS.C23H22F3N7S.C7H13NO4S/c1-41-40-7-2-3-21(40)14-34-26-16-39(15-18-4-5-24-19(9-18)10-20(13-33)37-24)8-6-25(26)38-27-23-11-22(12-29(30,31)32)42-28(23)36-17-35-27;24-23(25,26)8-16-7-17-21(29-12-30-22(17)34-16)32-20-3-4-33(11-18(20)28)10-13-1-2-19-14(5-13)6-15(9-27)31-19;1-13(10,11)12-5-7-3-2-4-8(7)6-9/h4-5,9-11,17,21,25-26,34,37H,2-3,6-8,12,14-16H2,1H3,(H,35,36,38);1-2,5-7,12,18,20,31H,3-4,8,10-11,28H2,(H,29,30,32);6-7H,2-5H2,1H3/t21-,25?,26?;18-,20-;7-/m101/s1. The van der Waals surface area contributed by atoms with Gasteiger partial charge in [-0.25, -0.2) is 19.9 Å². The Kier molecular flexibility index (Phi) is 20.7. The molecule has 0 aliphatic carbocycles. The van der Waals surface area contributed by atoms with Crippen LogP contribution in [-0.4, -0.2) is 179 Å². The second-order valence-corrected chi connectivity index (χ2v) is 26.7. The molecule has 474 valence electrons. The summed E-state index contributed by atoms with van der Waals surface area (Å²) in [6.07, 6.45) is -0.480. The summed E-state index contributed by atoms with van der Waals surface area (Å²) in [4.78, 5) is 47.1. The molecule has 1 amide bonds. The van der Waals surface area contributed by atoms with Crippen LogP contribution in [0.15, 0.2) is 73.3 Å². The summed E-state index contributed by atoms with van der Waals surface area (Å²) >= 11 is 2.10. The zero-order chi connectivity index (χ0) is 63.0. The average molecular weight is 1290 g/mol. The predicted octanol–water partition coefficient (Wildman–Crippen LogP) is 8.57. The smallest absolute Gasteiger partial charge is 0.365 e. The van der Waals surface area contributed by atoms with Gasteiger partial charge < -0.3 is 41.4 Å². The molecule has 6 aromatic heterocycles. The number of carbonyl (C=O) groups excluding carboxylic acids is 1. The Bertz CT molecular complexity index is 3940. The van der Waals surface area contributed by atoms with Crippen molar-refractivity contribution in [3.63, 3.8) is 0 Å². The highest BCUT2D eigenvalue weighted by molar-refractivity contribution is 7.86.